The fraction of sp³-hybridized carbons (Fsp3) is 0.857. The van der Waals surface area contributed by atoms with Crippen LogP contribution in [0.25, 0.3) is 0 Å². The Morgan fingerprint density at radius 1 is 1.35 bits per heavy atom. The quantitative estimate of drug-likeness (QED) is 0.604. The van der Waals surface area contributed by atoms with Crippen LogP contribution in [0.2, 0.25) is 0 Å². The molecule has 3 atom stereocenters. The minimum absolute atomic E-state index is 0.0215. The van der Waals surface area contributed by atoms with Gasteiger partial charge in [0, 0.05) is 19.0 Å². The highest BCUT2D eigenvalue weighted by Gasteiger charge is 2.33. The first kappa shape index (κ1) is 16.9. The Labute approximate surface area is 120 Å². The first-order chi connectivity index (χ1) is 9.43. The number of rotatable bonds is 8. The third-order valence-electron chi connectivity index (χ3n) is 3.62. The van der Waals surface area contributed by atoms with Crippen molar-refractivity contribution >= 4 is 11.9 Å². The number of hydrogen-bond acceptors (Lipinski definition) is 4. The van der Waals surface area contributed by atoms with Crippen molar-refractivity contribution in [1.29, 1.82) is 0 Å². The number of ether oxygens (including phenoxy) is 1. The van der Waals surface area contributed by atoms with Crippen LogP contribution in [0, 0.1) is 17.8 Å². The van der Waals surface area contributed by atoms with Crippen LogP contribution >= 0.6 is 0 Å². The van der Waals surface area contributed by atoms with Gasteiger partial charge in [-0.1, -0.05) is 13.8 Å². The van der Waals surface area contributed by atoms with Crippen molar-refractivity contribution in [1.82, 2.24) is 10.6 Å². The third-order valence-corrected chi connectivity index (χ3v) is 3.62. The maximum atomic E-state index is 12.1. The Morgan fingerprint density at radius 2 is 2.05 bits per heavy atom. The van der Waals surface area contributed by atoms with Crippen LogP contribution in [0.1, 0.15) is 26.7 Å². The topological polar surface area (TPSA) is 87.7 Å². The lowest BCUT2D eigenvalue weighted by Crippen LogP contribution is -2.44. The maximum Gasteiger partial charge on any atom is 0.303 e. The highest BCUT2D eigenvalue weighted by Crippen LogP contribution is 2.17. The molecule has 6 heteroatoms. The Morgan fingerprint density at radius 3 is 2.60 bits per heavy atom. The summed E-state index contributed by atoms with van der Waals surface area (Å²) in [5, 5.41) is 14.9. The molecule has 0 spiro atoms. The van der Waals surface area contributed by atoms with E-state index in [9.17, 15) is 9.59 Å². The molecule has 0 radical (unpaired) electrons. The Bertz CT molecular complexity index is 333. The van der Waals surface area contributed by atoms with E-state index in [-0.39, 0.29) is 30.2 Å². The number of hydrogen-bond donors (Lipinski definition) is 3. The second kappa shape index (κ2) is 8.21. The lowest BCUT2D eigenvalue weighted by molar-refractivity contribution is -0.138. The molecule has 1 aliphatic heterocycles. The van der Waals surface area contributed by atoms with Gasteiger partial charge in [-0.25, -0.2) is 0 Å². The molecular formula is C14H26N2O4. The lowest BCUT2D eigenvalue weighted by atomic mass is 9.93. The molecule has 1 rings (SSSR count). The number of carboxylic acids is 1. The van der Waals surface area contributed by atoms with E-state index in [1.165, 1.54) is 0 Å². The molecule has 0 aromatic carbocycles. The summed E-state index contributed by atoms with van der Waals surface area (Å²) in [5.41, 5.74) is 0. The molecule has 2 unspecified atom stereocenters. The normalized spacial score (nSPS) is 23.8. The van der Waals surface area contributed by atoms with Gasteiger partial charge in [0.2, 0.25) is 5.91 Å². The number of nitrogens with one attached hydrogen (secondary N) is 2. The SMILES string of the molecule is CNC1COCC1C(=O)NC[C@H](CC(=O)O)CC(C)C. The predicted octanol–water partition coefficient (Wildman–Crippen LogP) is 0.474. The Kier molecular flexibility index (Phi) is 6.95. The molecule has 1 amide bonds. The molecule has 3 N–H and O–H groups in total. The number of carbonyl (C=O) groups excluding carboxylic acids is 1. The molecule has 1 aliphatic rings. The van der Waals surface area contributed by atoms with Crippen molar-refractivity contribution in [3.8, 4) is 0 Å². The van der Waals surface area contributed by atoms with Gasteiger partial charge in [0.05, 0.1) is 19.1 Å². The van der Waals surface area contributed by atoms with E-state index in [1.54, 1.807) is 0 Å². The Balaban J connectivity index is 2.45. The van der Waals surface area contributed by atoms with Crippen molar-refractivity contribution in [2.75, 3.05) is 26.8 Å². The molecule has 0 aliphatic carbocycles. The first-order valence-corrected chi connectivity index (χ1v) is 7.18. The number of aliphatic carboxylic acids is 1. The van der Waals surface area contributed by atoms with Crippen LogP contribution in [0.4, 0.5) is 0 Å². The molecule has 6 nitrogen and oxygen atoms in total. The standard InChI is InChI=1S/C14H26N2O4/c1-9(2)4-10(5-13(17)18)6-16-14(19)11-7-20-8-12(11)15-3/h9-12,15H,4-8H2,1-3H3,(H,16,19)(H,17,18)/t10-,11?,12?/m0/s1. The molecule has 0 aromatic heterocycles. The summed E-state index contributed by atoms with van der Waals surface area (Å²) in [4.78, 5) is 23.0. The van der Waals surface area contributed by atoms with E-state index >= 15 is 0 Å². The van der Waals surface area contributed by atoms with E-state index in [4.69, 9.17) is 9.84 Å². The second-order valence-electron chi connectivity index (χ2n) is 5.88. The molecule has 20 heavy (non-hydrogen) atoms. The minimum atomic E-state index is -0.817. The zero-order valence-corrected chi connectivity index (χ0v) is 12.5. The summed E-state index contributed by atoms with van der Waals surface area (Å²) in [6.07, 6.45) is 0.887. The number of carboxylic acid groups (broad SMARTS) is 1. The van der Waals surface area contributed by atoms with E-state index in [0.29, 0.717) is 25.7 Å². The van der Waals surface area contributed by atoms with Crippen molar-refractivity contribution in [2.24, 2.45) is 17.8 Å². The van der Waals surface area contributed by atoms with Gasteiger partial charge in [-0.2, -0.15) is 0 Å². The van der Waals surface area contributed by atoms with E-state index < -0.39 is 5.97 Å². The van der Waals surface area contributed by atoms with Crippen LogP contribution in [-0.2, 0) is 14.3 Å². The average Bonchev–Trinajstić information content (AvgIpc) is 2.82. The van der Waals surface area contributed by atoms with Crippen LogP contribution in [0.3, 0.4) is 0 Å². The monoisotopic (exact) mass is 286 g/mol. The van der Waals surface area contributed by atoms with Gasteiger partial charge < -0.3 is 20.5 Å². The number of carbonyl (C=O) groups is 2. The van der Waals surface area contributed by atoms with Crippen LogP contribution in [0.15, 0.2) is 0 Å². The van der Waals surface area contributed by atoms with Crippen molar-refractivity contribution in [2.45, 2.75) is 32.7 Å². The minimum Gasteiger partial charge on any atom is -0.481 e. The molecule has 1 fully saturated rings. The van der Waals surface area contributed by atoms with Gasteiger partial charge in [0.15, 0.2) is 0 Å². The molecule has 116 valence electrons. The molecule has 0 saturated carbocycles. The summed E-state index contributed by atoms with van der Waals surface area (Å²) in [6.45, 7) is 5.48. The van der Waals surface area contributed by atoms with Crippen LogP contribution in [-0.4, -0.2) is 49.8 Å². The summed E-state index contributed by atoms with van der Waals surface area (Å²) >= 11 is 0. The Hall–Kier alpha value is -1.14. The smallest absolute Gasteiger partial charge is 0.303 e. The number of likely N-dealkylation sites (N-methyl/N-ethyl adjacent to an activating group) is 1. The zero-order valence-electron chi connectivity index (χ0n) is 12.5. The predicted molar refractivity (Wildman–Crippen MR) is 75.4 cm³/mol. The largest absolute Gasteiger partial charge is 0.481 e. The fourth-order valence-electron chi connectivity index (χ4n) is 2.63. The average molecular weight is 286 g/mol. The molecule has 1 saturated heterocycles. The second-order valence-corrected chi connectivity index (χ2v) is 5.88. The van der Waals surface area contributed by atoms with Crippen LogP contribution < -0.4 is 10.6 Å². The van der Waals surface area contributed by atoms with E-state index in [1.807, 2.05) is 7.05 Å². The first-order valence-electron chi connectivity index (χ1n) is 7.18. The van der Waals surface area contributed by atoms with Crippen molar-refractivity contribution < 1.29 is 19.4 Å². The lowest BCUT2D eigenvalue weighted by Gasteiger charge is -2.21. The van der Waals surface area contributed by atoms with E-state index in [2.05, 4.69) is 24.5 Å². The summed E-state index contributed by atoms with van der Waals surface area (Å²) in [5.74, 6) is -0.671. The van der Waals surface area contributed by atoms with Crippen molar-refractivity contribution in [3.05, 3.63) is 0 Å². The van der Waals surface area contributed by atoms with Gasteiger partial charge in [0.25, 0.3) is 0 Å². The molecule has 0 bridgehead atoms. The molecule has 1 heterocycles. The summed E-state index contributed by atoms with van der Waals surface area (Å²) in [6, 6.07) is 0.0398. The van der Waals surface area contributed by atoms with Gasteiger partial charge >= 0.3 is 5.97 Å². The van der Waals surface area contributed by atoms with Gasteiger partial charge in [-0.15, -0.1) is 0 Å². The van der Waals surface area contributed by atoms with Gasteiger partial charge in [-0.3, -0.25) is 9.59 Å². The number of amides is 1. The summed E-state index contributed by atoms with van der Waals surface area (Å²) < 4.78 is 5.30. The zero-order chi connectivity index (χ0) is 15.1. The van der Waals surface area contributed by atoms with E-state index in [0.717, 1.165) is 6.42 Å². The summed E-state index contributed by atoms with van der Waals surface area (Å²) in [7, 11) is 1.81. The van der Waals surface area contributed by atoms with Crippen LogP contribution in [0.5, 0.6) is 0 Å². The fourth-order valence-corrected chi connectivity index (χ4v) is 2.63. The maximum absolute atomic E-state index is 12.1. The highest BCUT2D eigenvalue weighted by atomic mass is 16.5. The molecule has 0 aromatic rings. The van der Waals surface area contributed by atoms with Crippen molar-refractivity contribution in [3.63, 3.8) is 0 Å². The third kappa shape index (κ3) is 5.46. The van der Waals surface area contributed by atoms with Gasteiger partial charge in [0.1, 0.15) is 0 Å². The molecular weight excluding hydrogens is 260 g/mol. The highest BCUT2D eigenvalue weighted by molar-refractivity contribution is 5.80. The van der Waals surface area contributed by atoms with Gasteiger partial charge in [-0.05, 0) is 25.3 Å².